The van der Waals surface area contributed by atoms with Crippen molar-refractivity contribution in [3.63, 3.8) is 0 Å². The zero-order valence-electron chi connectivity index (χ0n) is 13.1. The molecule has 7 nitrogen and oxygen atoms in total. The van der Waals surface area contributed by atoms with Gasteiger partial charge in [-0.1, -0.05) is 0 Å². The second-order valence-corrected chi connectivity index (χ2v) is 5.14. The number of hydrogen-bond acceptors (Lipinski definition) is 6. The van der Waals surface area contributed by atoms with Crippen LogP contribution in [0.4, 0.5) is 17.3 Å². The number of carbonyl (C=O) groups is 2. The molecular formula is C16H16N4O3. The number of nitrogens with zero attached hydrogens (tertiary/aromatic N) is 3. The highest BCUT2D eigenvalue weighted by Gasteiger charge is 2.28. The second-order valence-electron chi connectivity index (χ2n) is 5.14. The Bertz CT molecular complexity index is 804. The topological polar surface area (TPSA) is 84.4 Å². The highest BCUT2D eigenvalue weighted by molar-refractivity contribution is 6.11. The molecule has 2 aromatic rings. The first-order valence-corrected chi connectivity index (χ1v) is 7.25. The predicted molar refractivity (Wildman–Crippen MR) is 85.2 cm³/mol. The Morgan fingerprint density at radius 1 is 1.39 bits per heavy atom. The highest BCUT2D eigenvalue weighted by atomic mass is 16.5. The van der Waals surface area contributed by atoms with Crippen LogP contribution in [-0.2, 0) is 4.79 Å². The number of ether oxygens (including phenoxy) is 1. The van der Waals surface area contributed by atoms with Gasteiger partial charge in [-0.25, -0.2) is 4.98 Å². The summed E-state index contributed by atoms with van der Waals surface area (Å²) in [5, 5.41) is 2.87. The van der Waals surface area contributed by atoms with Crippen molar-refractivity contribution in [1.29, 1.82) is 0 Å². The molecule has 0 radical (unpaired) electrons. The molecular weight excluding hydrogens is 296 g/mol. The fraction of sp³-hybridized carbons (Fsp3) is 0.250. The van der Waals surface area contributed by atoms with Gasteiger partial charge in [0.1, 0.15) is 5.82 Å². The molecule has 1 amide bonds. The summed E-state index contributed by atoms with van der Waals surface area (Å²) in [5.74, 6) is 0.542. The van der Waals surface area contributed by atoms with Gasteiger partial charge in [-0.05, 0) is 31.5 Å². The van der Waals surface area contributed by atoms with Crippen LogP contribution in [0, 0.1) is 6.92 Å². The van der Waals surface area contributed by atoms with Crippen LogP contribution < -0.4 is 15.0 Å². The molecule has 118 valence electrons. The van der Waals surface area contributed by atoms with E-state index in [-0.39, 0.29) is 11.8 Å². The van der Waals surface area contributed by atoms with E-state index >= 15 is 0 Å². The largest absolute Gasteiger partial charge is 0.408 e. The van der Waals surface area contributed by atoms with Gasteiger partial charge < -0.3 is 15.0 Å². The maximum Gasteiger partial charge on any atom is 0.309 e. The summed E-state index contributed by atoms with van der Waals surface area (Å²) >= 11 is 0. The van der Waals surface area contributed by atoms with Gasteiger partial charge in [-0.15, -0.1) is 0 Å². The maximum absolute atomic E-state index is 12.5. The lowest BCUT2D eigenvalue weighted by Gasteiger charge is -2.22. The SMILES string of the molecule is CCN1c2ncccc2C(=O)Nc2c(C)cc(OC(C)=O)nc21. The van der Waals surface area contributed by atoms with Crippen molar-refractivity contribution in [2.24, 2.45) is 0 Å². The van der Waals surface area contributed by atoms with Crippen molar-refractivity contribution in [3.8, 4) is 5.88 Å². The van der Waals surface area contributed by atoms with Crippen LogP contribution in [-0.4, -0.2) is 28.4 Å². The number of amides is 1. The minimum atomic E-state index is -0.448. The van der Waals surface area contributed by atoms with Gasteiger partial charge in [0.15, 0.2) is 5.82 Å². The summed E-state index contributed by atoms with van der Waals surface area (Å²) in [7, 11) is 0. The summed E-state index contributed by atoms with van der Waals surface area (Å²) in [5.41, 5.74) is 1.82. The Morgan fingerprint density at radius 2 is 2.17 bits per heavy atom. The minimum Gasteiger partial charge on any atom is -0.408 e. The van der Waals surface area contributed by atoms with Crippen LogP contribution in [0.1, 0.15) is 29.8 Å². The van der Waals surface area contributed by atoms with E-state index in [4.69, 9.17) is 4.74 Å². The molecule has 1 N–H and O–H groups in total. The Kier molecular flexibility index (Phi) is 3.69. The summed E-state index contributed by atoms with van der Waals surface area (Å²) in [6.07, 6.45) is 1.63. The number of esters is 1. The lowest BCUT2D eigenvalue weighted by molar-refractivity contribution is -0.132. The molecule has 0 fully saturated rings. The summed E-state index contributed by atoms with van der Waals surface area (Å²) in [4.78, 5) is 34.2. The molecule has 3 rings (SSSR count). The van der Waals surface area contributed by atoms with Crippen LogP contribution in [0.25, 0.3) is 0 Å². The third-order valence-electron chi connectivity index (χ3n) is 3.52. The van der Waals surface area contributed by atoms with Gasteiger partial charge in [0.2, 0.25) is 5.88 Å². The Hall–Kier alpha value is -2.96. The van der Waals surface area contributed by atoms with Gasteiger partial charge in [0, 0.05) is 25.7 Å². The normalized spacial score (nSPS) is 12.8. The molecule has 1 aliphatic rings. The first-order valence-electron chi connectivity index (χ1n) is 7.25. The molecule has 7 heteroatoms. The lowest BCUT2D eigenvalue weighted by Crippen LogP contribution is -2.20. The summed E-state index contributed by atoms with van der Waals surface area (Å²) in [6.45, 7) is 5.64. The van der Waals surface area contributed by atoms with Gasteiger partial charge in [-0.3, -0.25) is 9.59 Å². The fourth-order valence-electron chi connectivity index (χ4n) is 2.55. The molecule has 0 spiro atoms. The molecule has 0 saturated carbocycles. The first kappa shape index (κ1) is 15.0. The number of rotatable bonds is 2. The zero-order valence-corrected chi connectivity index (χ0v) is 13.1. The maximum atomic E-state index is 12.5. The van der Waals surface area contributed by atoms with Crippen molar-refractivity contribution in [2.75, 3.05) is 16.8 Å². The monoisotopic (exact) mass is 312 g/mol. The standard InChI is InChI=1S/C16H16N4O3/c1-4-20-14-11(6-5-7-17-14)16(22)19-13-9(2)8-12(18-15(13)20)23-10(3)21/h5-8H,4H2,1-3H3,(H,19,22). The van der Waals surface area contributed by atoms with E-state index in [0.717, 1.165) is 5.56 Å². The summed E-state index contributed by atoms with van der Waals surface area (Å²) < 4.78 is 5.10. The summed E-state index contributed by atoms with van der Waals surface area (Å²) in [6, 6.07) is 5.05. The molecule has 0 aliphatic carbocycles. The molecule has 0 bridgehead atoms. The highest BCUT2D eigenvalue weighted by Crippen LogP contribution is 2.38. The zero-order chi connectivity index (χ0) is 16.6. The second kappa shape index (κ2) is 5.68. The number of anilines is 3. The van der Waals surface area contributed by atoms with E-state index in [1.165, 1.54) is 6.92 Å². The van der Waals surface area contributed by atoms with E-state index in [9.17, 15) is 9.59 Å². The van der Waals surface area contributed by atoms with E-state index in [1.807, 2.05) is 18.7 Å². The van der Waals surface area contributed by atoms with Crippen molar-refractivity contribution in [2.45, 2.75) is 20.8 Å². The number of nitrogens with one attached hydrogen (secondary N) is 1. The molecule has 0 aromatic carbocycles. The van der Waals surface area contributed by atoms with E-state index in [0.29, 0.717) is 29.4 Å². The predicted octanol–water partition coefficient (Wildman–Crippen LogP) is 2.43. The molecule has 0 saturated heterocycles. The van der Waals surface area contributed by atoms with Gasteiger partial charge in [0.05, 0.1) is 11.3 Å². The molecule has 1 aliphatic heterocycles. The van der Waals surface area contributed by atoms with Crippen molar-refractivity contribution in [3.05, 3.63) is 35.5 Å². The molecule has 0 atom stereocenters. The van der Waals surface area contributed by atoms with Gasteiger partial charge in [-0.2, -0.15) is 4.98 Å². The molecule has 3 heterocycles. The fourth-order valence-corrected chi connectivity index (χ4v) is 2.55. The number of aryl methyl sites for hydroxylation is 1. The Balaban J connectivity index is 2.22. The average Bonchev–Trinajstić information content (AvgIpc) is 2.62. The first-order chi connectivity index (χ1) is 11.0. The van der Waals surface area contributed by atoms with E-state index in [1.54, 1.807) is 24.4 Å². The number of carbonyl (C=O) groups excluding carboxylic acids is 2. The van der Waals surface area contributed by atoms with Crippen LogP contribution in [0.15, 0.2) is 24.4 Å². The Labute approximate surface area is 133 Å². The van der Waals surface area contributed by atoms with E-state index < -0.39 is 5.97 Å². The van der Waals surface area contributed by atoms with Gasteiger partial charge >= 0.3 is 5.97 Å². The van der Waals surface area contributed by atoms with Crippen LogP contribution in [0.2, 0.25) is 0 Å². The minimum absolute atomic E-state index is 0.195. The van der Waals surface area contributed by atoms with Crippen LogP contribution in [0.5, 0.6) is 5.88 Å². The molecule has 2 aromatic heterocycles. The number of pyridine rings is 2. The van der Waals surface area contributed by atoms with Crippen LogP contribution in [0.3, 0.4) is 0 Å². The van der Waals surface area contributed by atoms with Crippen LogP contribution >= 0.6 is 0 Å². The number of hydrogen-bond donors (Lipinski definition) is 1. The molecule has 23 heavy (non-hydrogen) atoms. The van der Waals surface area contributed by atoms with Crippen molar-refractivity contribution < 1.29 is 14.3 Å². The third kappa shape index (κ3) is 2.61. The Morgan fingerprint density at radius 3 is 2.87 bits per heavy atom. The van der Waals surface area contributed by atoms with Gasteiger partial charge in [0.25, 0.3) is 5.91 Å². The molecule has 0 unspecified atom stereocenters. The number of fused-ring (bicyclic) bond motifs is 2. The van der Waals surface area contributed by atoms with E-state index in [2.05, 4.69) is 15.3 Å². The van der Waals surface area contributed by atoms with Crippen molar-refractivity contribution >= 4 is 29.2 Å². The van der Waals surface area contributed by atoms with Crippen molar-refractivity contribution in [1.82, 2.24) is 9.97 Å². The smallest absolute Gasteiger partial charge is 0.309 e. The number of aromatic nitrogens is 2. The third-order valence-corrected chi connectivity index (χ3v) is 3.52. The quantitative estimate of drug-likeness (QED) is 0.857. The average molecular weight is 312 g/mol. The lowest BCUT2D eigenvalue weighted by atomic mass is 10.2.